The summed E-state index contributed by atoms with van der Waals surface area (Å²) < 4.78 is 2.43. The number of hydrogen-bond donors (Lipinski definition) is 0. The summed E-state index contributed by atoms with van der Waals surface area (Å²) in [4.78, 5) is 2.42. The summed E-state index contributed by atoms with van der Waals surface area (Å²) in [5.74, 6) is 0. The van der Waals surface area contributed by atoms with Crippen LogP contribution >= 0.6 is 0 Å². The number of hydrogen-bond acceptors (Lipinski definition) is 1. The second-order valence-electron chi connectivity index (χ2n) is 17.1. The summed E-state index contributed by atoms with van der Waals surface area (Å²) in [6, 6.07) is 91.6. The molecule has 0 fully saturated rings. The first-order valence-corrected chi connectivity index (χ1v) is 22.7. The molecule has 12 rings (SSSR count). The Morgan fingerprint density at radius 3 is 1.49 bits per heavy atom. The van der Waals surface area contributed by atoms with Crippen molar-refractivity contribution in [3.8, 4) is 44.5 Å². The molecule has 0 N–H and O–H groups in total. The van der Waals surface area contributed by atoms with E-state index in [1.165, 1.54) is 88.6 Å². The number of anilines is 3. The molecule has 2 nitrogen and oxygen atoms in total. The smallest absolute Gasteiger partial charge is 0.0714 e. The lowest BCUT2D eigenvalue weighted by molar-refractivity contribution is 0.768. The van der Waals surface area contributed by atoms with Crippen LogP contribution in [0, 0.1) is 0 Å². The molecule has 10 aromatic carbocycles. The fourth-order valence-corrected chi connectivity index (χ4v) is 10.7. The Morgan fingerprint density at radius 2 is 0.815 bits per heavy atom. The molecular weight excluding hydrogens is 785 g/mol. The Balaban J connectivity index is 0.978. The van der Waals surface area contributed by atoms with E-state index in [1.54, 1.807) is 0 Å². The summed E-state index contributed by atoms with van der Waals surface area (Å²) in [5, 5.41) is 2.61. The molecule has 1 aliphatic rings. The predicted molar refractivity (Wildman–Crippen MR) is 273 cm³/mol. The van der Waals surface area contributed by atoms with E-state index in [0.29, 0.717) is 0 Å². The van der Waals surface area contributed by atoms with Crippen molar-refractivity contribution in [1.29, 1.82) is 0 Å². The average Bonchev–Trinajstić information content (AvgIpc) is 3.87. The van der Waals surface area contributed by atoms with E-state index >= 15 is 0 Å². The fourth-order valence-electron chi connectivity index (χ4n) is 10.7. The van der Waals surface area contributed by atoms with Gasteiger partial charge in [-0.3, -0.25) is 0 Å². The zero-order chi connectivity index (χ0) is 43.3. The van der Waals surface area contributed by atoms with Crippen LogP contribution in [0.1, 0.15) is 29.2 Å². The SMILES string of the molecule is CCn1c2ccccc2c2ccc(-c3cccc(-c4ccc(N(c5ccc(-c6ccccc6)cc5)c5ccc6c(c5)C(c5ccccc5)(c5ccccc5)c5ccccc5-6)cc4)c3)cc21. The third-order valence-corrected chi connectivity index (χ3v) is 13.7. The van der Waals surface area contributed by atoms with Crippen LogP contribution in [0.2, 0.25) is 0 Å². The van der Waals surface area contributed by atoms with Crippen molar-refractivity contribution in [2.24, 2.45) is 0 Å². The highest BCUT2D eigenvalue weighted by Crippen LogP contribution is 2.57. The molecule has 0 saturated carbocycles. The third kappa shape index (κ3) is 6.32. The van der Waals surface area contributed by atoms with Crippen LogP contribution < -0.4 is 4.90 Å². The molecule has 1 heterocycles. The van der Waals surface area contributed by atoms with Crippen molar-refractivity contribution in [3.05, 3.63) is 271 Å². The molecule has 0 amide bonds. The number of rotatable bonds is 9. The lowest BCUT2D eigenvalue weighted by Crippen LogP contribution is -2.28. The van der Waals surface area contributed by atoms with E-state index in [0.717, 1.165) is 23.6 Å². The van der Waals surface area contributed by atoms with E-state index in [-0.39, 0.29) is 0 Å². The number of aromatic nitrogens is 1. The summed E-state index contributed by atoms with van der Waals surface area (Å²) in [6.45, 7) is 3.16. The standard InChI is InChI=1S/C63H46N2/c1-2-64-61-28-15-13-26-57(61)58-39-33-49(42-62(58)64)48-20-16-19-47(41-48)46-31-36-53(37-32-46)65(52-34-29-45(30-35-52)44-17-6-3-7-18-44)54-38-40-56-55-25-12-14-27-59(55)63(60(56)43-54,50-21-8-4-9-22-50)51-23-10-5-11-24-51/h3-43H,2H2,1H3. The van der Waals surface area contributed by atoms with Crippen molar-refractivity contribution < 1.29 is 0 Å². The number of benzene rings is 10. The van der Waals surface area contributed by atoms with Gasteiger partial charge in [0, 0.05) is 45.4 Å². The quantitative estimate of drug-likeness (QED) is 0.141. The zero-order valence-electron chi connectivity index (χ0n) is 36.3. The Hall–Kier alpha value is -8.20. The Bertz CT molecular complexity index is 3450. The molecule has 1 aliphatic carbocycles. The van der Waals surface area contributed by atoms with E-state index in [2.05, 4.69) is 265 Å². The van der Waals surface area contributed by atoms with Crippen molar-refractivity contribution >= 4 is 38.9 Å². The van der Waals surface area contributed by atoms with Crippen LogP contribution in [0.4, 0.5) is 17.1 Å². The van der Waals surface area contributed by atoms with E-state index in [4.69, 9.17) is 0 Å². The van der Waals surface area contributed by atoms with Crippen LogP contribution in [0.3, 0.4) is 0 Å². The van der Waals surface area contributed by atoms with Gasteiger partial charge in [-0.05, 0) is 128 Å². The molecule has 1 aromatic heterocycles. The van der Waals surface area contributed by atoms with Crippen molar-refractivity contribution in [2.45, 2.75) is 18.9 Å². The lowest BCUT2D eigenvalue weighted by Gasteiger charge is -2.35. The minimum Gasteiger partial charge on any atom is -0.341 e. The molecule has 0 saturated heterocycles. The topological polar surface area (TPSA) is 8.17 Å². The normalized spacial score (nSPS) is 12.6. The van der Waals surface area contributed by atoms with Gasteiger partial charge >= 0.3 is 0 Å². The summed E-state index contributed by atoms with van der Waals surface area (Å²) >= 11 is 0. The summed E-state index contributed by atoms with van der Waals surface area (Å²) in [6.07, 6.45) is 0. The van der Waals surface area contributed by atoms with Crippen molar-refractivity contribution in [3.63, 3.8) is 0 Å². The average molecular weight is 831 g/mol. The van der Waals surface area contributed by atoms with E-state index in [1.807, 2.05) is 0 Å². The van der Waals surface area contributed by atoms with Gasteiger partial charge in [-0.1, -0.05) is 194 Å². The van der Waals surface area contributed by atoms with Gasteiger partial charge in [-0.25, -0.2) is 0 Å². The van der Waals surface area contributed by atoms with E-state index in [9.17, 15) is 0 Å². The molecule has 308 valence electrons. The van der Waals surface area contributed by atoms with Gasteiger partial charge in [0.15, 0.2) is 0 Å². The number of para-hydroxylation sites is 1. The van der Waals surface area contributed by atoms with Gasteiger partial charge in [-0.2, -0.15) is 0 Å². The number of nitrogens with zero attached hydrogens (tertiary/aromatic N) is 2. The predicted octanol–water partition coefficient (Wildman–Crippen LogP) is 16.6. The monoisotopic (exact) mass is 830 g/mol. The largest absolute Gasteiger partial charge is 0.341 e. The molecule has 0 aliphatic heterocycles. The fraction of sp³-hybridized carbons (Fsp3) is 0.0476. The van der Waals surface area contributed by atoms with Gasteiger partial charge in [0.1, 0.15) is 0 Å². The Kier molecular flexibility index (Phi) is 9.39. The Labute approximate surface area is 381 Å². The zero-order valence-corrected chi connectivity index (χ0v) is 36.3. The highest BCUT2D eigenvalue weighted by Gasteiger charge is 2.46. The van der Waals surface area contributed by atoms with Crippen LogP contribution in [-0.2, 0) is 12.0 Å². The minimum atomic E-state index is -0.500. The molecule has 0 unspecified atom stereocenters. The number of fused-ring (bicyclic) bond motifs is 6. The maximum atomic E-state index is 2.45. The second kappa shape index (κ2) is 15.9. The first kappa shape index (κ1) is 38.5. The van der Waals surface area contributed by atoms with Gasteiger partial charge in [-0.15, -0.1) is 0 Å². The lowest BCUT2D eigenvalue weighted by atomic mass is 9.67. The second-order valence-corrected chi connectivity index (χ2v) is 17.1. The van der Waals surface area contributed by atoms with Gasteiger partial charge in [0.2, 0.25) is 0 Å². The van der Waals surface area contributed by atoms with Gasteiger partial charge < -0.3 is 9.47 Å². The summed E-state index contributed by atoms with van der Waals surface area (Å²) in [7, 11) is 0. The number of aryl methyl sites for hydroxylation is 1. The molecular formula is C63H46N2. The summed E-state index contributed by atoms with van der Waals surface area (Å²) in [5.41, 5.74) is 20.2. The molecule has 11 aromatic rings. The molecule has 65 heavy (non-hydrogen) atoms. The molecule has 0 atom stereocenters. The molecule has 0 bridgehead atoms. The highest BCUT2D eigenvalue weighted by molar-refractivity contribution is 6.09. The van der Waals surface area contributed by atoms with Crippen LogP contribution in [0.15, 0.2) is 249 Å². The van der Waals surface area contributed by atoms with Crippen LogP contribution in [0.25, 0.3) is 66.3 Å². The van der Waals surface area contributed by atoms with Crippen molar-refractivity contribution in [1.82, 2.24) is 4.57 Å². The van der Waals surface area contributed by atoms with E-state index < -0.39 is 5.41 Å². The maximum Gasteiger partial charge on any atom is 0.0714 e. The maximum absolute atomic E-state index is 2.45. The first-order valence-electron chi connectivity index (χ1n) is 22.7. The molecule has 2 heteroatoms. The third-order valence-electron chi connectivity index (χ3n) is 13.7. The van der Waals surface area contributed by atoms with Gasteiger partial charge in [0.25, 0.3) is 0 Å². The highest BCUT2D eigenvalue weighted by atomic mass is 15.1. The molecule has 0 spiro atoms. The Morgan fingerprint density at radius 1 is 0.338 bits per heavy atom. The first-order chi connectivity index (χ1) is 32.2. The van der Waals surface area contributed by atoms with Crippen LogP contribution in [0.5, 0.6) is 0 Å². The van der Waals surface area contributed by atoms with Gasteiger partial charge in [0.05, 0.1) is 5.41 Å². The van der Waals surface area contributed by atoms with Crippen LogP contribution in [-0.4, -0.2) is 4.57 Å². The molecule has 0 radical (unpaired) electrons. The minimum absolute atomic E-state index is 0.500. The van der Waals surface area contributed by atoms with Crippen molar-refractivity contribution in [2.75, 3.05) is 4.90 Å².